The number of alkyl halides is 3. The van der Waals surface area contributed by atoms with Crippen molar-refractivity contribution in [2.45, 2.75) is 76.7 Å². The SMILES string of the molecule is C[C@@H]1CN(C2OC2[C@@](C)(O)C(F)(F)F)Cc2cnn(C(C)(C)C)c21. The van der Waals surface area contributed by atoms with Gasteiger partial charge in [0.05, 0.1) is 11.7 Å². The molecule has 0 aromatic carbocycles. The highest BCUT2D eigenvalue weighted by Gasteiger charge is 2.66. The number of hydrogen-bond donors (Lipinski definition) is 1. The van der Waals surface area contributed by atoms with Crippen LogP contribution < -0.4 is 0 Å². The Balaban J connectivity index is 1.78. The lowest BCUT2D eigenvalue weighted by Crippen LogP contribution is -2.50. The van der Waals surface area contributed by atoms with Crippen LogP contribution in [0.4, 0.5) is 13.2 Å². The third-order valence-electron chi connectivity index (χ3n) is 4.83. The molecule has 1 aromatic rings. The molecule has 24 heavy (non-hydrogen) atoms. The van der Waals surface area contributed by atoms with Gasteiger partial charge in [0.2, 0.25) is 0 Å². The molecule has 3 rings (SSSR count). The summed E-state index contributed by atoms with van der Waals surface area (Å²) in [5.74, 6) is 0.121. The largest absolute Gasteiger partial charge is 0.419 e. The standard InChI is InChI=1S/C16H24F3N3O2/c1-9-7-21(13-12(24-13)15(5,23)16(17,18)19)8-10-6-20-22(11(9)10)14(2,3)4/h6,9,12-13,23H,7-8H2,1-5H3/t9-,12?,13?,15-/m1/s1. The van der Waals surface area contributed by atoms with Gasteiger partial charge in [-0.2, -0.15) is 18.3 Å². The predicted molar refractivity (Wildman–Crippen MR) is 81.4 cm³/mol. The van der Waals surface area contributed by atoms with Gasteiger partial charge in [0, 0.05) is 30.3 Å². The van der Waals surface area contributed by atoms with Gasteiger partial charge in [-0.05, 0) is 27.7 Å². The van der Waals surface area contributed by atoms with Gasteiger partial charge in [0.15, 0.2) is 5.60 Å². The Bertz CT molecular complexity index is 633. The maximum atomic E-state index is 13.0. The minimum atomic E-state index is -4.71. The molecule has 136 valence electrons. The zero-order valence-corrected chi connectivity index (χ0v) is 14.6. The molecule has 3 heterocycles. The molecule has 1 fully saturated rings. The summed E-state index contributed by atoms with van der Waals surface area (Å²) >= 11 is 0. The van der Waals surface area contributed by atoms with Crippen LogP contribution in [0.2, 0.25) is 0 Å². The van der Waals surface area contributed by atoms with E-state index < -0.39 is 24.1 Å². The third-order valence-corrected chi connectivity index (χ3v) is 4.83. The fraction of sp³-hybridized carbons (Fsp3) is 0.812. The number of fused-ring (bicyclic) bond motifs is 1. The van der Waals surface area contributed by atoms with Crippen molar-refractivity contribution >= 4 is 0 Å². The molecule has 0 saturated carbocycles. The third kappa shape index (κ3) is 2.74. The van der Waals surface area contributed by atoms with E-state index in [4.69, 9.17) is 4.74 Å². The van der Waals surface area contributed by atoms with E-state index in [2.05, 4.69) is 25.9 Å². The molecule has 1 saturated heterocycles. The number of hydrogen-bond acceptors (Lipinski definition) is 4. The van der Waals surface area contributed by atoms with Gasteiger partial charge in [0.25, 0.3) is 0 Å². The van der Waals surface area contributed by atoms with E-state index in [9.17, 15) is 18.3 Å². The molecule has 0 spiro atoms. The van der Waals surface area contributed by atoms with Gasteiger partial charge in [0.1, 0.15) is 12.3 Å². The summed E-state index contributed by atoms with van der Waals surface area (Å²) in [6.07, 6.45) is -4.89. The van der Waals surface area contributed by atoms with Gasteiger partial charge in [-0.15, -0.1) is 0 Å². The molecule has 0 amide bonds. The van der Waals surface area contributed by atoms with Gasteiger partial charge >= 0.3 is 6.18 Å². The average molecular weight is 347 g/mol. The predicted octanol–water partition coefficient (Wildman–Crippen LogP) is 2.60. The molecule has 2 aliphatic heterocycles. The first kappa shape index (κ1) is 17.7. The first-order valence-electron chi connectivity index (χ1n) is 8.10. The molecule has 0 radical (unpaired) electrons. The number of halogens is 3. The van der Waals surface area contributed by atoms with E-state index in [1.165, 1.54) is 0 Å². The summed E-state index contributed by atoms with van der Waals surface area (Å²) in [6.45, 7) is 10.1. The van der Waals surface area contributed by atoms with E-state index in [1.54, 1.807) is 6.20 Å². The van der Waals surface area contributed by atoms with E-state index in [1.807, 2.05) is 16.5 Å². The van der Waals surface area contributed by atoms with Gasteiger partial charge < -0.3 is 9.84 Å². The zero-order valence-electron chi connectivity index (χ0n) is 14.6. The van der Waals surface area contributed by atoms with Crippen LogP contribution in [-0.2, 0) is 16.8 Å². The second-order valence-corrected chi connectivity index (χ2v) is 8.06. The molecule has 4 atom stereocenters. The summed E-state index contributed by atoms with van der Waals surface area (Å²) in [5.41, 5.74) is -0.859. The van der Waals surface area contributed by atoms with Crippen LogP contribution in [0, 0.1) is 0 Å². The number of aliphatic hydroxyl groups is 1. The Morgan fingerprint density at radius 3 is 2.42 bits per heavy atom. The molecular formula is C16H24F3N3O2. The number of epoxide rings is 1. The van der Waals surface area contributed by atoms with Crippen molar-refractivity contribution in [3.05, 3.63) is 17.5 Å². The van der Waals surface area contributed by atoms with Crippen LogP contribution in [0.1, 0.15) is 51.8 Å². The van der Waals surface area contributed by atoms with E-state index in [0.717, 1.165) is 18.2 Å². The maximum Gasteiger partial charge on any atom is 0.419 e. The molecule has 0 aliphatic carbocycles. The van der Waals surface area contributed by atoms with Crippen molar-refractivity contribution in [3.63, 3.8) is 0 Å². The minimum Gasteiger partial charge on any atom is -0.378 e. The molecule has 2 unspecified atom stereocenters. The van der Waals surface area contributed by atoms with Crippen LogP contribution in [0.3, 0.4) is 0 Å². The zero-order chi connectivity index (χ0) is 18.1. The lowest BCUT2D eigenvalue weighted by molar-refractivity contribution is -0.259. The topological polar surface area (TPSA) is 53.8 Å². The Hall–Kier alpha value is -1.12. The van der Waals surface area contributed by atoms with E-state index >= 15 is 0 Å². The monoisotopic (exact) mass is 347 g/mol. The van der Waals surface area contributed by atoms with Crippen LogP contribution in [0.15, 0.2) is 6.20 Å². The number of aromatic nitrogens is 2. The summed E-state index contributed by atoms with van der Waals surface area (Å²) < 4.78 is 46.1. The fourth-order valence-electron chi connectivity index (χ4n) is 3.44. The molecule has 0 bridgehead atoms. The highest BCUT2D eigenvalue weighted by molar-refractivity contribution is 5.26. The van der Waals surface area contributed by atoms with Crippen LogP contribution in [0.25, 0.3) is 0 Å². The minimum absolute atomic E-state index is 0.121. The lowest BCUT2D eigenvalue weighted by Gasteiger charge is -2.34. The van der Waals surface area contributed by atoms with Crippen molar-refractivity contribution in [3.8, 4) is 0 Å². The van der Waals surface area contributed by atoms with E-state index in [0.29, 0.717) is 13.1 Å². The highest BCUT2D eigenvalue weighted by Crippen LogP contribution is 2.46. The molecular weight excluding hydrogens is 323 g/mol. The second-order valence-electron chi connectivity index (χ2n) is 8.06. The molecule has 1 N–H and O–H groups in total. The summed E-state index contributed by atoms with van der Waals surface area (Å²) in [5, 5.41) is 14.2. The Labute approximate surface area is 139 Å². The normalized spacial score (nSPS) is 30.8. The van der Waals surface area contributed by atoms with Crippen molar-refractivity contribution in [2.24, 2.45) is 0 Å². The quantitative estimate of drug-likeness (QED) is 0.836. The Kier molecular flexibility index (Phi) is 3.83. The van der Waals surface area contributed by atoms with Crippen molar-refractivity contribution < 1.29 is 23.0 Å². The smallest absolute Gasteiger partial charge is 0.378 e. The van der Waals surface area contributed by atoms with Gasteiger partial charge in [-0.1, -0.05) is 6.92 Å². The van der Waals surface area contributed by atoms with Crippen molar-refractivity contribution in [1.29, 1.82) is 0 Å². The molecule has 1 aromatic heterocycles. The molecule has 8 heteroatoms. The first-order valence-corrected chi connectivity index (χ1v) is 8.10. The summed E-state index contributed by atoms with van der Waals surface area (Å²) in [7, 11) is 0. The summed E-state index contributed by atoms with van der Waals surface area (Å²) in [6, 6.07) is 0. The number of rotatable bonds is 2. The number of nitrogens with zero attached hydrogens (tertiary/aromatic N) is 3. The van der Waals surface area contributed by atoms with Crippen LogP contribution in [-0.4, -0.2) is 50.4 Å². The fourth-order valence-corrected chi connectivity index (χ4v) is 3.44. The van der Waals surface area contributed by atoms with Crippen LogP contribution >= 0.6 is 0 Å². The Morgan fingerprint density at radius 1 is 1.25 bits per heavy atom. The first-order chi connectivity index (χ1) is 10.8. The number of ether oxygens (including phenoxy) is 1. The van der Waals surface area contributed by atoms with Crippen molar-refractivity contribution in [2.75, 3.05) is 6.54 Å². The molecule has 5 nitrogen and oxygen atoms in total. The summed E-state index contributed by atoms with van der Waals surface area (Å²) in [4.78, 5) is 1.85. The maximum absolute atomic E-state index is 13.0. The average Bonchev–Trinajstić information content (AvgIpc) is 3.09. The second kappa shape index (κ2) is 5.19. The van der Waals surface area contributed by atoms with Gasteiger partial charge in [-0.25, -0.2) is 0 Å². The van der Waals surface area contributed by atoms with Crippen LogP contribution in [0.5, 0.6) is 0 Å². The lowest BCUT2D eigenvalue weighted by atomic mass is 9.95. The molecule has 2 aliphatic rings. The highest BCUT2D eigenvalue weighted by atomic mass is 19.4. The Morgan fingerprint density at radius 2 is 1.88 bits per heavy atom. The van der Waals surface area contributed by atoms with Crippen molar-refractivity contribution in [1.82, 2.24) is 14.7 Å². The van der Waals surface area contributed by atoms with Gasteiger partial charge in [-0.3, -0.25) is 9.58 Å². The van der Waals surface area contributed by atoms with E-state index in [-0.39, 0.29) is 11.5 Å².